The molecule has 1 aliphatic rings. The van der Waals surface area contributed by atoms with E-state index in [-0.39, 0.29) is 18.2 Å². The summed E-state index contributed by atoms with van der Waals surface area (Å²) in [6, 6.07) is 4.13. The minimum atomic E-state index is -1.22. The van der Waals surface area contributed by atoms with Gasteiger partial charge in [0, 0.05) is 41.5 Å². The molecule has 0 bridgehead atoms. The summed E-state index contributed by atoms with van der Waals surface area (Å²) in [6.07, 6.45) is 4.37. The Morgan fingerprint density at radius 3 is 2.12 bits per heavy atom. The van der Waals surface area contributed by atoms with E-state index in [0.717, 1.165) is 51.6 Å². The highest BCUT2D eigenvalue weighted by Crippen LogP contribution is 2.32. The zero-order valence-electron chi connectivity index (χ0n) is 27.6. The largest absolute Gasteiger partial charge is 0.444 e. The van der Waals surface area contributed by atoms with Gasteiger partial charge in [-0.05, 0) is 81.3 Å². The molecule has 0 aromatic carbocycles. The van der Waals surface area contributed by atoms with Gasteiger partial charge in [-0.1, -0.05) is 45.4 Å². The van der Waals surface area contributed by atoms with Gasteiger partial charge < -0.3 is 19.1 Å². The van der Waals surface area contributed by atoms with Crippen LogP contribution in [0, 0.1) is 3.57 Å². The van der Waals surface area contributed by atoms with Crippen LogP contribution < -0.4 is 4.90 Å². The van der Waals surface area contributed by atoms with Crippen LogP contribution in [0.1, 0.15) is 46.7 Å². The first-order chi connectivity index (χ1) is 19.3. The van der Waals surface area contributed by atoms with Gasteiger partial charge in [0.25, 0.3) is 0 Å². The van der Waals surface area contributed by atoms with E-state index in [1.165, 1.54) is 0 Å². The Hall–Kier alpha value is -1.49. The van der Waals surface area contributed by atoms with E-state index in [1.807, 2.05) is 43.3 Å². The van der Waals surface area contributed by atoms with Crippen LogP contribution in [0.5, 0.6) is 0 Å². The molecule has 0 aliphatic carbocycles. The Kier molecular flexibility index (Phi) is 11.7. The molecule has 0 saturated carbocycles. The summed E-state index contributed by atoms with van der Waals surface area (Å²) in [5.41, 5.74) is 2.24. The van der Waals surface area contributed by atoms with Crippen molar-refractivity contribution < 1.29 is 19.0 Å². The van der Waals surface area contributed by atoms with E-state index in [0.29, 0.717) is 19.9 Å². The van der Waals surface area contributed by atoms with Crippen molar-refractivity contribution in [1.82, 2.24) is 19.5 Å². The third kappa shape index (κ3) is 10.3. The smallest absolute Gasteiger partial charge is 0.411 e. The lowest BCUT2D eigenvalue weighted by molar-refractivity contribution is 0.0122. The van der Waals surface area contributed by atoms with E-state index in [9.17, 15) is 4.79 Å². The Morgan fingerprint density at radius 1 is 1.05 bits per heavy atom. The summed E-state index contributed by atoms with van der Waals surface area (Å²) in [5.74, 6) is 0.884. The zero-order valence-corrected chi connectivity index (χ0v) is 31.7. The minimum Gasteiger partial charge on any atom is -0.444 e. The molecule has 236 valence electrons. The first-order valence-corrected chi connectivity index (χ1v) is 23.5. The zero-order chi connectivity index (χ0) is 31.5. The van der Waals surface area contributed by atoms with Gasteiger partial charge in [-0.2, -0.15) is 9.61 Å². The number of carbonyl (C=O) groups excluding carboxylic acids is 1. The normalized spacial score (nSPS) is 18.4. The average molecular weight is 730 g/mol. The number of rotatable bonds is 12. The number of carbonyl (C=O) groups is 1. The molecule has 0 saturated heterocycles. The van der Waals surface area contributed by atoms with Gasteiger partial charge in [-0.25, -0.2) is 9.78 Å². The SMILES string of the molecule is C[C@@H]1CC(c2cc(N(COCC[Si](C)(C)C)COCC[Si](C)(C)C)n3ncc(I)c3n2)=C[C@H](C)N1C(=O)OC(C)(C)C. The monoisotopic (exact) mass is 729 g/mol. The number of hydrogen-bond donors (Lipinski definition) is 0. The first-order valence-electron chi connectivity index (χ1n) is 15.0. The molecule has 12 heteroatoms. The third-order valence-electron chi connectivity index (χ3n) is 7.03. The molecule has 1 amide bonds. The highest BCUT2D eigenvalue weighted by molar-refractivity contribution is 14.1. The highest BCUT2D eigenvalue weighted by atomic mass is 127. The summed E-state index contributed by atoms with van der Waals surface area (Å²) in [6.45, 7) is 26.2. The first kappa shape index (κ1) is 35.0. The van der Waals surface area contributed by atoms with Crippen LogP contribution in [-0.4, -0.2) is 86.1 Å². The number of hydrogen-bond acceptors (Lipinski definition) is 7. The van der Waals surface area contributed by atoms with E-state index >= 15 is 0 Å². The molecule has 0 radical (unpaired) electrons. The second-order valence-corrected chi connectivity index (χ2v) is 27.2. The molecule has 3 rings (SSSR count). The van der Waals surface area contributed by atoms with E-state index in [1.54, 1.807) is 0 Å². The quantitative estimate of drug-likeness (QED) is 0.0966. The predicted octanol–water partition coefficient (Wildman–Crippen LogP) is 7.57. The fourth-order valence-corrected chi connectivity index (χ4v) is 6.68. The van der Waals surface area contributed by atoms with Gasteiger partial charge >= 0.3 is 6.09 Å². The van der Waals surface area contributed by atoms with Crippen LogP contribution in [0.4, 0.5) is 10.6 Å². The number of halogens is 1. The van der Waals surface area contributed by atoms with Crippen molar-refractivity contribution >= 4 is 61.9 Å². The molecule has 2 aromatic heterocycles. The maximum absolute atomic E-state index is 13.0. The Bertz CT molecular complexity index is 1230. The second-order valence-electron chi connectivity index (χ2n) is 14.8. The number of ether oxygens (including phenoxy) is 3. The molecule has 2 aromatic rings. The van der Waals surface area contributed by atoms with Crippen LogP contribution in [0.15, 0.2) is 18.3 Å². The van der Waals surface area contributed by atoms with Gasteiger partial charge in [-0.15, -0.1) is 0 Å². The van der Waals surface area contributed by atoms with Crippen LogP contribution in [0.25, 0.3) is 11.2 Å². The van der Waals surface area contributed by atoms with Crippen molar-refractivity contribution in [1.29, 1.82) is 0 Å². The van der Waals surface area contributed by atoms with Gasteiger partial charge in [0.1, 0.15) is 24.9 Å². The summed E-state index contributed by atoms with van der Waals surface area (Å²) >= 11 is 2.29. The number of aromatic nitrogens is 3. The highest BCUT2D eigenvalue weighted by Gasteiger charge is 2.33. The van der Waals surface area contributed by atoms with Crippen LogP contribution >= 0.6 is 22.6 Å². The molecule has 0 fully saturated rings. The molecule has 9 nitrogen and oxygen atoms in total. The fraction of sp³-hybridized carbons (Fsp3) is 0.700. The third-order valence-corrected chi connectivity index (χ3v) is 11.2. The topological polar surface area (TPSA) is 81.4 Å². The van der Waals surface area contributed by atoms with Crippen molar-refractivity contribution in [2.75, 3.05) is 31.6 Å². The maximum Gasteiger partial charge on any atom is 0.411 e. The summed E-state index contributed by atoms with van der Waals surface area (Å²) in [4.78, 5) is 22.0. The molecule has 0 spiro atoms. The van der Waals surface area contributed by atoms with Crippen molar-refractivity contribution in [3.05, 3.63) is 27.6 Å². The Balaban J connectivity index is 1.94. The molecule has 0 N–H and O–H groups in total. The fourth-order valence-electron chi connectivity index (χ4n) is 4.69. The van der Waals surface area contributed by atoms with E-state index in [2.05, 4.69) is 90.9 Å². The number of nitrogens with zero attached hydrogens (tertiary/aromatic N) is 5. The number of amides is 1. The van der Waals surface area contributed by atoms with Gasteiger partial charge in [0.2, 0.25) is 0 Å². The molecule has 42 heavy (non-hydrogen) atoms. The minimum absolute atomic E-state index is 0.0359. The maximum atomic E-state index is 13.0. The van der Waals surface area contributed by atoms with Gasteiger partial charge in [0.05, 0.1) is 21.5 Å². The Labute approximate surface area is 268 Å². The van der Waals surface area contributed by atoms with Crippen LogP contribution in [0.2, 0.25) is 51.4 Å². The summed E-state index contributed by atoms with van der Waals surface area (Å²) < 4.78 is 21.0. The molecular weight excluding hydrogens is 677 g/mol. The standard InChI is InChI=1S/C30H52IN5O4Si2/c1-22-16-24(17-23(2)35(22)29(37)40-30(3,4)5)26-18-27(36-28(33-26)25(31)19-32-36)34(20-38-12-14-41(6,7)8)21-39-13-15-42(9,10)11/h16,18-19,22-23H,12-15,17,20-21H2,1-11H3/t22-,23+/m0/s1. The Morgan fingerprint density at radius 2 is 1.62 bits per heavy atom. The lowest BCUT2D eigenvalue weighted by atomic mass is 9.95. The van der Waals surface area contributed by atoms with Crippen molar-refractivity contribution in [3.63, 3.8) is 0 Å². The molecule has 3 heterocycles. The van der Waals surface area contributed by atoms with E-state index in [4.69, 9.17) is 19.2 Å². The summed E-state index contributed by atoms with van der Waals surface area (Å²) in [5, 5.41) is 4.68. The lowest BCUT2D eigenvalue weighted by Crippen LogP contribution is -2.48. The lowest BCUT2D eigenvalue weighted by Gasteiger charge is -2.38. The molecule has 0 unspecified atom stereocenters. The molecule has 2 atom stereocenters. The van der Waals surface area contributed by atoms with Crippen molar-refractivity contribution in [3.8, 4) is 0 Å². The van der Waals surface area contributed by atoms with Crippen molar-refractivity contribution in [2.45, 2.75) is 110 Å². The van der Waals surface area contributed by atoms with Gasteiger partial charge in [0.15, 0.2) is 5.65 Å². The number of anilines is 1. The van der Waals surface area contributed by atoms with Crippen molar-refractivity contribution in [2.24, 2.45) is 0 Å². The van der Waals surface area contributed by atoms with E-state index < -0.39 is 21.7 Å². The second kappa shape index (κ2) is 14.1. The molecule has 1 aliphatic heterocycles. The average Bonchev–Trinajstić information content (AvgIpc) is 3.20. The molecular formula is C30H52IN5O4Si2. The number of fused-ring (bicyclic) bond motifs is 1. The van der Waals surface area contributed by atoms with Gasteiger partial charge in [-0.3, -0.25) is 4.90 Å². The predicted molar refractivity (Wildman–Crippen MR) is 186 cm³/mol. The summed E-state index contributed by atoms with van der Waals surface area (Å²) in [7, 11) is -2.43. The van der Waals surface area contributed by atoms with Crippen LogP contribution in [-0.2, 0) is 14.2 Å². The van der Waals surface area contributed by atoms with Crippen LogP contribution in [0.3, 0.4) is 0 Å².